The second-order valence-electron chi connectivity index (χ2n) is 5.96. The van der Waals surface area contributed by atoms with E-state index in [2.05, 4.69) is 24.0 Å². The van der Waals surface area contributed by atoms with E-state index in [1.54, 1.807) is 0 Å². The van der Waals surface area contributed by atoms with Crippen molar-refractivity contribution in [2.24, 2.45) is 0 Å². The van der Waals surface area contributed by atoms with Crippen LogP contribution in [0.4, 0.5) is 0 Å². The van der Waals surface area contributed by atoms with Gasteiger partial charge in [-0.25, -0.2) is 0 Å². The highest BCUT2D eigenvalue weighted by Gasteiger charge is 2.25. The van der Waals surface area contributed by atoms with E-state index in [4.69, 9.17) is 4.42 Å². The average molecular weight is 331 g/mol. The number of hydrogen-bond donors (Lipinski definition) is 0. The van der Waals surface area contributed by atoms with E-state index < -0.39 is 0 Å². The highest BCUT2D eigenvalue weighted by molar-refractivity contribution is 8.00. The summed E-state index contributed by atoms with van der Waals surface area (Å²) in [6, 6.07) is 6.06. The molecule has 0 N–H and O–H groups in total. The minimum Gasteiger partial charge on any atom is -0.411 e. The number of likely N-dealkylation sites (tertiary alicyclic amines) is 1. The first kappa shape index (κ1) is 16.1. The van der Waals surface area contributed by atoms with Crippen molar-refractivity contribution in [3.8, 4) is 11.5 Å². The minimum absolute atomic E-state index is 0.151. The molecule has 0 bridgehead atoms. The summed E-state index contributed by atoms with van der Waals surface area (Å²) in [5.41, 5.74) is 3.33. The zero-order valence-corrected chi connectivity index (χ0v) is 14.5. The van der Waals surface area contributed by atoms with E-state index >= 15 is 0 Å². The molecule has 1 aliphatic heterocycles. The number of carbonyl (C=O) groups excluding carboxylic acids is 1. The molecule has 1 aliphatic rings. The quantitative estimate of drug-likeness (QED) is 0.803. The topological polar surface area (TPSA) is 59.2 Å². The van der Waals surface area contributed by atoms with E-state index in [9.17, 15) is 4.79 Å². The molecule has 3 rings (SSSR count). The molecule has 5 nitrogen and oxygen atoms in total. The van der Waals surface area contributed by atoms with Gasteiger partial charge in [-0.1, -0.05) is 17.8 Å². The van der Waals surface area contributed by atoms with E-state index in [0.29, 0.717) is 11.1 Å². The van der Waals surface area contributed by atoms with Crippen molar-refractivity contribution in [1.82, 2.24) is 15.1 Å². The summed E-state index contributed by atoms with van der Waals surface area (Å²) in [6.45, 7) is 7.75. The van der Waals surface area contributed by atoms with Crippen molar-refractivity contribution in [1.29, 1.82) is 0 Å². The van der Waals surface area contributed by atoms with Crippen LogP contribution >= 0.6 is 11.8 Å². The van der Waals surface area contributed by atoms with Gasteiger partial charge in [0.05, 0.1) is 5.25 Å². The third-order valence-corrected chi connectivity index (χ3v) is 5.13. The third-order valence-electron chi connectivity index (χ3n) is 4.20. The van der Waals surface area contributed by atoms with E-state index in [1.807, 2.05) is 30.0 Å². The molecule has 1 amide bonds. The fraction of sp³-hybridized carbons (Fsp3) is 0.471. The lowest BCUT2D eigenvalue weighted by Crippen LogP contribution is -2.34. The smallest absolute Gasteiger partial charge is 0.277 e. The van der Waals surface area contributed by atoms with Crippen LogP contribution in [-0.2, 0) is 4.79 Å². The zero-order valence-electron chi connectivity index (χ0n) is 13.7. The molecule has 1 aromatic heterocycles. The largest absolute Gasteiger partial charge is 0.411 e. The van der Waals surface area contributed by atoms with Crippen LogP contribution in [0, 0.1) is 13.8 Å². The molecule has 0 spiro atoms. The Labute approximate surface area is 140 Å². The maximum Gasteiger partial charge on any atom is 0.277 e. The van der Waals surface area contributed by atoms with Gasteiger partial charge in [0.25, 0.3) is 5.22 Å². The van der Waals surface area contributed by atoms with Crippen LogP contribution in [0.15, 0.2) is 27.8 Å². The first-order chi connectivity index (χ1) is 11.0. The Kier molecular flexibility index (Phi) is 4.71. The number of carbonyl (C=O) groups is 1. The fourth-order valence-corrected chi connectivity index (χ4v) is 3.41. The van der Waals surface area contributed by atoms with Crippen LogP contribution in [-0.4, -0.2) is 39.3 Å². The van der Waals surface area contributed by atoms with Gasteiger partial charge in [-0.05, 0) is 56.9 Å². The number of aryl methyl sites for hydroxylation is 2. The predicted molar refractivity (Wildman–Crippen MR) is 90.3 cm³/mol. The van der Waals surface area contributed by atoms with Gasteiger partial charge in [-0.3, -0.25) is 4.79 Å². The molecule has 0 radical (unpaired) electrons. The summed E-state index contributed by atoms with van der Waals surface area (Å²) in [5, 5.41) is 8.41. The van der Waals surface area contributed by atoms with E-state index in [0.717, 1.165) is 31.5 Å². The summed E-state index contributed by atoms with van der Waals surface area (Å²) in [7, 11) is 0. The van der Waals surface area contributed by atoms with Crippen LogP contribution in [0.2, 0.25) is 0 Å². The maximum atomic E-state index is 12.3. The molecule has 23 heavy (non-hydrogen) atoms. The summed E-state index contributed by atoms with van der Waals surface area (Å²) in [4.78, 5) is 14.2. The lowest BCUT2D eigenvalue weighted by molar-refractivity contribution is -0.129. The van der Waals surface area contributed by atoms with Crippen LogP contribution in [0.25, 0.3) is 11.5 Å². The normalized spacial score (nSPS) is 15.9. The molecular formula is C17H21N3O2S. The number of aromatic nitrogens is 2. The van der Waals surface area contributed by atoms with Crippen LogP contribution in [0.3, 0.4) is 0 Å². The van der Waals surface area contributed by atoms with Crippen molar-refractivity contribution in [2.75, 3.05) is 13.1 Å². The van der Waals surface area contributed by atoms with Gasteiger partial charge in [-0.15, -0.1) is 10.2 Å². The molecule has 0 saturated carbocycles. The fourth-order valence-electron chi connectivity index (χ4n) is 2.64. The third kappa shape index (κ3) is 3.58. The Balaban J connectivity index is 1.69. The number of amides is 1. The SMILES string of the molecule is Cc1ccc(-c2nnc(S[C@@H](C)C(=O)N3CCCC3)o2)cc1C. The maximum absolute atomic E-state index is 12.3. The standard InChI is InChI=1S/C17H21N3O2S/c1-11-6-7-14(10-12(11)2)15-18-19-17(22-15)23-13(3)16(21)20-8-4-5-9-20/h6-7,10,13H,4-5,8-9H2,1-3H3/t13-/m0/s1. The molecular weight excluding hydrogens is 310 g/mol. The summed E-state index contributed by atoms with van der Waals surface area (Å²) in [5.74, 6) is 0.648. The molecule has 1 atom stereocenters. The molecule has 2 heterocycles. The highest BCUT2D eigenvalue weighted by atomic mass is 32.2. The first-order valence-corrected chi connectivity index (χ1v) is 8.79. The number of nitrogens with zero attached hydrogens (tertiary/aromatic N) is 3. The zero-order chi connectivity index (χ0) is 16.4. The van der Waals surface area contributed by atoms with Crippen molar-refractivity contribution >= 4 is 17.7 Å². The number of thioether (sulfide) groups is 1. The van der Waals surface area contributed by atoms with E-state index in [1.165, 1.54) is 22.9 Å². The Bertz CT molecular complexity index is 708. The molecule has 2 aromatic rings. The van der Waals surface area contributed by atoms with Crippen molar-refractivity contribution in [2.45, 2.75) is 44.1 Å². The van der Waals surface area contributed by atoms with Crippen molar-refractivity contribution < 1.29 is 9.21 Å². The van der Waals surface area contributed by atoms with Crippen LogP contribution in [0.5, 0.6) is 0 Å². The van der Waals surface area contributed by atoms with Crippen LogP contribution < -0.4 is 0 Å². The lowest BCUT2D eigenvalue weighted by Gasteiger charge is -2.18. The second-order valence-corrected chi connectivity index (χ2v) is 7.26. The van der Waals surface area contributed by atoms with Gasteiger partial charge in [0.2, 0.25) is 11.8 Å². The predicted octanol–water partition coefficient (Wildman–Crippen LogP) is 3.46. The number of benzene rings is 1. The first-order valence-electron chi connectivity index (χ1n) is 7.91. The van der Waals surface area contributed by atoms with Gasteiger partial charge in [0, 0.05) is 18.7 Å². The number of rotatable bonds is 4. The average Bonchev–Trinajstić information content (AvgIpc) is 3.20. The molecule has 0 aliphatic carbocycles. The summed E-state index contributed by atoms with van der Waals surface area (Å²) < 4.78 is 5.72. The lowest BCUT2D eigenvalue weighted by atomic mass is 10.1. The molecule has 6 heteroatoms. The number of hydrogen-bond acceptors (Lipinski definition) is 5. The van der Waals surface area contributed by atoms with Gasteiger partial charge in [0.15, 0.2) is 0 Å². The molecule has 1 fully saturated rings. The van der Waals surface area contributed by atoms with Gasteiger partial charge < -0.3 is 9.32 Å². The van der Waals surface area contributed by atoms with Gasteiger partial charge in [0.1, 0.15) is 0 Å². The Morgan fingerprint density at radius 1 is 1.22 bits per heavy atom. The molecule has 0 unspecified atom stereocenters. The van der Waals surface area contributed by atoms with Crippen molar-refractivity contribution in [3.05, 3.63) is 29.3 Å². The minimum atomic E-state index is -0.207. The van der Waals surface area contributed by atoms with Gasteiger partial charge in [-0.2, -0.15) is 0 Å². The van der Waals surface area contributed by atoms with Crippen LogP contribution in [0.1, 0.15) is 30.9 Å². The Morgan fingerprint density at radius 2 is 1.96 bits per heavy atom. The Morgan fingerprint density at radius 3 is 2.65 bits per heavy atom. The molecule has 1 aromatic carbocycles. The monoisotopic (exact) mass is 331 g/mol. The molecule has 122 valence electrons. The summed E-state index contributed by atoms with van der Waals surface area (Å²) >= 11 is 1.33. The van der Waals surface area contributed by atoms with Crippen molar-refractivity contribution in [3.63, 3.8) is 0 Å². The highest BCUT2D eigenvalue weighted by Crippen LogP contribution is 2.28. The second kappa shape index (κ2) is 6.74. The summed E-state index contributed by atoms with van der Waals surface area (Å²) in [6.07, 6.45) is 2.20. The van der Waals surface area contributed by atoms with Gasteiger partial charge >= 0.3 is 0 Å². The molecule has 1 saturated heterocycles. The van der Waals surface area contributed by atoms with E-state index in [-0.39, 0.29) is 11.2 Å². The Hall–Kier alpha value is -1.82.